The summed E-state index contributed by atoms with van der Waals surface area (Å²) < 4.78 is 32.0. The number of nitrogens with zero attached hydrogens (tertiary/aromatic N) is 3. The lowest BCUT2D eigenvalue weighted by molar-refractivity contribution is -0.115. The van der Waals surface area contributed by atoms with Gasteiger partial charge in [-0.1, -0.05) is 36.9 Å². The van der Waals surface area contributed by atoms with Crippen molar-refractivity contribution in [3.63, 3.8) is 0 Å². The SMILES string of the molecule is CCC(Sc1nnc(CS(=O)(=O)c2ccccc2)n1C)C(=O)Nc1ccc(OC)cc1. The molecule has 1 amide bonds. The maximum Gasteiger partial charge on any atom is 0.237 e. The van der Waals surface area contributed by atoms with Crippen molar-refractivity contribution in [2.75, 3.05) is 12.4 Å². The van der Waals surface area contributed by atoms with Gasteiger partial charge in [-0.25, -0.2) is 8.42 Å². The number of rotatable bonds is 9. The van der Waals surface area contributed by atoms with Gasteiger partial charge in [-0.05, 0) is 42.8 Å². The number of nitrogens with one attached hydrogen (secondary N) is 1. The minimum atomic E-state index is -3.54. The van der Waals surface area contributed by atoms with E-state index in [4.69, 9.17) is 4.74 Å². The van der Waals surface area contributed by atoms with Crippen LogP contribution in [0.15, 0.2) is 64.6 Å². The Morgan fingerprint density at radius 3 is 2.42 bits per heavy atom. The quantitative estimate of drug-likeness (QED) is 0.489. The van der Waals surface area contributed by atoms with Crippen LogP contribution in [0.5, 0.6) is 5.75 Å². The predicted molar refractivity (Wildman–Crippen MR) is 120 cm³/mol. The molecule has 164 valence electrons. The second-order valence-electron chi connectivity index (χ2n) is 6.76. The van der Waals surface area contributed by atoms with E-state index in [1.54, 1.807) is 73.3 Å². The topological polar surface area (TPSA) is 103 Å². The molecule has 1 heterocycles. The van der Waals surface area contributed by atoms with Crippen molar-refractivity contribution in [2.45, 2.75) is 34.4 Å². The van der Waals surface area contributed by atoms with Crippen LogP contribution in [0.2, 0.25) is 0 Å². The Morgan fingerprint density at radius 2 is 1.81 bits per heavy atom. The number of hydrogen-bond acceptors (Lipinski definition) is 7. The fourth-order valence-electron chi connectivity index (χ4n) is 2.80. The summed E-state index contributed by atoms with van der Waals surface area (Å²) in [5, 5.41) is 11.1. The average Bonchev–Trinajstić information content (AvgIpc) is 3.11. The van der Waals surface area contributed by atoms with Crippen molar-refractivity contribution >= 4 is 33.2 Å². The fraction of sp³-hybridized carbons (Fsp3) is 0.286. The van der Waals surface area contributed by atoms with E-state index in [9.17, 15) is 13.2 Å². The molecule has 0 aliphatic heterocycles. The van der Waals surface area contributed by atoms with Crippen LogP contribution in [0.1, 0.15) is 19.2 Å². The molecule has 0 fully saturated rings. The lowest BCUT2D eigenvalue weighted by atomic mass is 10.2. The first-order valence-corrected chi connectivity index (χ1v) is 12.1. The standard InChI is InChI=1S/C21H24N4O4S2/c1-4-18(20(26)22-15-10-12-16(29-3)13-11-15)30-21-24-23-19(25(21)2)14-31(27,28)17-8-6-5-7-9-17/h5-13,18H,4,14H2,1-3H3,(H,22,26). The highest BCUT2D eigenvalue weighted by atomic mass is 32.2. The molecular weight excluding hydrogens is 436 g/mol. The zero-order chi connectivity index (χ0) is 22.4. The van der Waals surface area contributed by atoms with Crippen LogP contribution < -0.4 is 10.1 Å². The summed E-state index contributed by atoms with van der Waals surface area (Å²) in [6.07, 6.45) is 0.567. The van der Waals surface area contributed by atoms with Gasteiger partial charge in [-0.15, -0.1) is 10.2 Å². The molecule has 0 radical (unpaired) electrons. The molecule has 0 aliphatic rings. The molecule has 0 saturated carbocycles. The van der Waals surface area contributed by atoms with E-state index in [0.717, 1.165) is 0 Å². The van der Waals surface area contributed by atoms with Gasteiger partial charge in [0.05, 0.1) is 17.3 Å². The molecule has 0 aliphatic carbocycles. The number of thioether (sulfide) groups is 1. The Bertz CT molecular complexity index is 1130. The number of anilines is 1. The third-order valence-electron chi connectivity index (χ3n) is 4.61. The highest BCUT2D eigenvalue weighted by Gasteiger charge is 2.24. The maximum atomic E-state index is 12.7. The number of methoxy groups -OCH3 is 1. The van der Waals surface area contributed by atoms with Gasteiger partial charge in [0.15, 0.2) is 15.0 Å². The molecule has 0 bridgehead atoms. The molecule has 1 unspecified atom stereocenters. The second-order valence-corrected chi connectivity index (χ2v) is 9.92. The number of benzene rings is 2. The van der Waals surface area contributed by atoms with E-state index >= 15 is 0 Å². The van der Waals surface area contributed by atoms with Crippen LogP contribution >= 0.6 is 11.8 Å². The van der Waals surface area contributed by atoms with Crippen LogP contribution in [0.3, 0.4) is 0 Å². The van der Waals surface area contributed by atoms with E-state index in [2.05, 4.69) is 15.5 Å². The van der Waals surface area contributed by atoms with Crippen LogP contribution in [-0.2, 0) is 27.4 Å². The molecule has 2 aromatic carbocycles. The predicted octanol–water partition coefficient (Wildman–Crippen LogP) is 3.31. The average molecular weight is 461 g/mol. The largest absolute Gasteiger partial charge is 0.497 e. The molecular formula is C21H24N4O4S2. The number of ether oxygens (including phenoxy) is 1. The lowest BCUT2D eigenvalue weighted by Crippen LogP contribution is -2.25. The smallest absolute Gasteiger partial charge is 0.237 e. The molecule has 3 rings (SSSR count). The number of carbonyl (C=O) groups is 1. The molecule has 1 atom stereocenters. The van der Waals surface area contributed by atoms with Crippen molar-refractivity contribution in [3.05, 3.63) is 60.4 Å². The van der Waals surface area contributed by atoms with Crippen LogP contribution in [0.25, 0.3) is 0 Å². The van der Waals surface area contributed by atoms with Gasteiger partial charge in [0, 0.05) is 12.7 Å². The van der Waals surface area contributed by atoms with E-state index < -0.39 is 15.1 Å². The van der Waals surface area contributed by atoms with E-state index in [0.29, 0.717) is 28.8 Å². The fourth-order valence-corrected chi connectivity index (χ4v) is 5.07. The molecule has 3 aromatic rings. The minimum absolute atomic E-state index is 0.167. The first-order chi connectivity index (χ1) is 14.8. The molecule has 8 nitrogen and oxygen atoms in total. The molecule has 1 N–H and O–H groups in total. The monoisotopic (exact) mass is 460 g/mol. The Hall–Kier alpha value is -2.85. The molecule has 10 heteroatoms. The third-order valence-corrected chi connectivity index (χ3v) is 7.64. The Kier molecular flexibility index (Phi) is 7.34. The summed E-state index contributed by atoms with van der Waals surface area (Å²) in [4.78, 5) is 13.0. The summed E-state index contributed by atoms with van der Waals surface area (Å²) in [5.41, 5.74) is 0.664. The van der Waals surface area contributed by atoms with Crippen LogP contribution in [0, 0.1) is 0 Å². The van der Waals surface area contributed by atoms with Gasteiger partial charge < -0.3 is 14.6 Å². The summed E-state index contributed by atoms with van der Waals surface area (Å²) in [6, 6.07) is 15.3. The van der Waals surface area contributed by atoms with Crippen molar-refractivity contribution in [3.8, 4) is 5.75 Å². The molecule has 0 saturated heterocycles. The van der Waals surface area contributed by atoms with Crippen molar-refractivity contribution in [1.29, 1.82) is 0 Å². The van der Waals surface area contributed by atoms with E-state index in [-0.39, 0.29) is 16.6 Å². The number of hydrogen-bond donors (Lipinski definition) is 1. The molecule has 31 heavy (non-hydrogen) atoms. The van der Waals surface area contributed by atoms with Gasteiger partial charge >= 0.3 is 0 Å². The first kappa shape index (κ1) is 22.8. The van der Waals surface area contributed by atoms with Crippen LogP contribution in [-0.4, -0.2) is 41.4 Å². The Balaban J connectivity index is 1.69. The zero-order valence-electron chi connectivity index (χ0n) is 17.5. The first-order valence-electron chi connectivity index (χ1n) is 9.61. The third kappa shape index (κ3) is 5.65. The summed E-state index contributed by atoms with van der Waals surface area (Å²) in [6.45, 7) is 1.91. The van der Waals surface area contributed by atoms with Gasteiger partial charge in [-0.2, -0.15) is 0 Å². The van der Waals surface area contributed by atoms with Gasteiger partial charge in [0.2, 0.25) is 5.91 Å². The Labute approximate surface area is 186 Å². The van der Waals surface area contributed by atoms with Gasteiger partial charge in [0.25, 0.3) is 0 Å². The zero-order valence-corrected chi connectivity index (χ0v) is 19.1. The minimum Gasteiger partial charge on any atom is -0.497 e. The highest BCUT2D eigenvalue weighted by Crippen LogP contribution is 2.26. The number of sulfone groups is 1. The lowest BCUT2D eigenvalue weighted by Gasteiger charge is -2.14. The van der Waals surface area contributed by atoms with E-state index in [1.165, 1.54) is 11.8 Å². The van der Waals surface area contributed by atoms with Gasteiger partial charge in [-0.3, -0.25) is 4.79 Å². The van der Waals surface area contributed by atoms with Crippen molar-refractivity contribution in [1.82, 2.24) is 14.8 Å². The number of carbonyl (C=O) groups excluding carboxylic acids is 1. The number of aromatic nitrogens is 3. The number of amides is 1. The summed E-state index contributed by atoms with van der Waals surface area (Å²) >= 11 is 1.25. The van der Waals surface area contributed by atoms with Crippen molar-refractivity contribution in [2.24, 2.45) is 7.05 Å². The van der Waals surface area contributed by atoms with Crippen molar-refractivity contribution < 1.29 is 17.9 Å². The van der Waals surface area contributed by atoms with E-state index in [1.807, 2.05) is 6.92 Å². The Morgan fingerprint density at radius 1 is 1.13 bits per heavy atom. The molecule has 1 aromatic heterocycles. The summed E-state index contributed by atoms with van der Waals surface area (Å²) in [5.74, 6) is 0.586. The molecule has 0 spiro atoms. The van der Waals surface area contributed by atoms with Gasteiger partial charge in [0.1, 0.15) is 17.3 Å². The normalized spacial score (nSPS) is 12.4. The maximum absolute atomic E-state index is 12.7. The highest BCUT2D eigenvalue weighted by molar-refractivity contribution is 8.00. The second kappa shape index (κ2) is 9.97. The van der Waals surface area contributed by atoms with Crippen LogP contribution in [0.4, 0.5) is 5.69 Å². The summed E-state index contributed by atoms with van der Waals surface area (Å²) in [7, 11) is -0.260.